The van der Waals surface area contributed by atoms with E-state index in [0.717, 1.165) is 41.9 Å². The number of H-pyrrole nitrogens is 2. The fourth-order valence-corrected chi connectivity index (χ4v) is 3.83. The van der Waals surface area contributed by atoms with Crippen molar-refractivity contribution in [3.63, 3.8) is 0 Å². The zero-order chi connectivity index (χ0) is 19.0. The molecular formula is C18H27N9. The second-order valence-electron chi connectivity index (χ2n) is 7.74. The molecule has 0 radical (unpaired) electrons. The van der Waals surface area contributed by atoms with Crippen LogP contribution >= 0.6 is 0 Å². The first-order valence-corrected chi connectivity index (χ1v) is 9.52. The number of aromatic nitrogens is 6. The standard InChI is InChI=1S/C18H27N9/c1-9-4-5-12(19)8-13(6-9)20-16-15-11(3)25-27-17(15)23-18(22-16)21-14-7-10(2)24-26-14/h7,9,12-13H,4-6,8,19H2,1-3H3,(H4,20,21,22,23,24,25,26,27). The summed E-state index contributed by atoms with van der Waals surface area (Å²) in [7, 11) is 0. The maximum absolute atomic E-state index is 6.28. The maximum atomic E-state index is 6.28. The Morgan fingerprint density at radius 2 is 1.96 bits per heavy atom. The van der Waals surface area contributed by atoms with Crippen molar-refractivity contribution in [2.75, 3.05) is 10.6 Å². The van der Waals surface area contributed by atoms with Crippen LogP contribution in [0.15, 0.2) is 6.07 Å². The molecule has 1 fully saturated rings. The SMILES string of the molecule is Cc1cc(Nc2nc(NC3CC(C)CCC(N)C3)c3c(C)n[nH]c3n2)n[nH]1. The molecule has 9 nitrogen and oxygen atoms in total. The smallest absolute Gasteiger partial charge is 0.232 e. The Morgan fingerprint density at radius 1 is 1.11 bits per heavy atom. The Kier molecular flexibility index (Phi) is 4.69. The highest BCUT2D eigenvalue weighted by Crippen LogP contribution is 2.29. The number of aromatic amines is 2. The van der Waals surface area contributed by atoms with Crippen LogP contribution in [0.3, 0.4) is 0 Å². The lowest BCUT2D eigenvalue weighted by atomic mass is 10.0. The number of hydrogen-bond donors (Lipinski definition) is 5. The number of nitrogens with zero attached hydrogens (tertiary/aromatic N) is 4. The Morgan fingerprint density at radius 3 is 2.74 bits per heavy atom. The van der Waals surface area contributed by atoms with Crippen molar-refractivity contribution in [2.45, 2.75) is 58.5 Å². The van der Waals surface area contributed by atoms with E-state index in [-0.39, 0.29) is 12.1 Å². The van der Waals surface area contributed by atoms with Crippen molar-refractivity contribution in [1.82, 2.24) is 30.4 Å². The van der Waals surface area contributed by atoms with E-state index in [2.05, 4.69) is 42.9 Å². The Hall–Kier alpha value is -2.68. The van der Waals surface area contributed by atoms with Crippen molar-refractivity contribution in [3.8, 4) is 0 Å². The lowest BCUT2D eigenvalue weighted by Gasteiger charge is -2.21. The number of nitrogens with two attached hydrogens (primary N) is 1. The largest absolute Gasteiger partial charge is 0.366 e. The molecule has 3 aromatic heterocycles. The van der Waals surface area contributed by atoms with E-state index >= 15 is 0 Å². The fourth-order valence-electron chi connectivity index (χ4n) is 3.83. The van der Waals surface area contributed by atoms with Gasteiger partial charge in [-0.05, 0) is 45.4 Å². The van der Waals surface area contributed by atoms with Crippen LogP contribution in [0, 0.1) is 19.8 Å². The zero-order valence-electron chi connectivity index (χ0n) is 16.0. The van der Waals surface area contributed by atoms with E-state index in [4.69, 9.17) is 10.7 Å². The summed E-state index contributed by atoms with van der Waals surface area (Å²) in [5.74, 6) is 2.58. The third-order valence-electron chi connectivity index (χ3n) is 5.19. The molecule has 6 N–H and O–H groups in total. The second kappa shape index (κ2) is 7.15. The van der Waals surface area contributed by atoms with Crippen LogP contribution in [0.2, 0.25) is 0 Å². The van der Waals surface area contributed by atoms with E-state index < -0.39 is 0 Å². The highest BCUT2D eigenvalue weighted by Gasteiger charge is 2.24. The van der Waals surface area contributed by atoms with Gasteiger partial charge in [0.15, 0.2) is 11.5 Å². The Balaban J connectivity index is 1.66. The lowest BCUT2D eigenvalue weighted by molar-refractivity contribution is 0.483. The number of nitrogens with one attached hydrogen (secondary N) is 4. The average Bonchev–Trinajstić information content (AvgIpc) is 3.14. The number of fused-ring (bicyclic) bond motifs is 1. The van der Waals surface area contributed by atoms with Gasteiger partial charge in [0.1, 0.15) is 5.82 Å². The molecule has 0 spiro atoms. The monoisotopic (exact) mass is 369 g/mol. The van der Waals surface area contributed by atoms with E-state index in [9.17, 15) is 0 Å². The molecule has 3 aromatic rings. The van der Waals surface area contributed by atoms with Gasteiger partial charge in [-0.25, -0.2) is 0 Å². The maximum Gasteiger partial charge on any atom is 0.232 e. The van der Waals surface area contributed by atoms with Crippen LogP contribution in [0.25, 0.3) is 11.0 Å². The van der Waals surface area contributed by atoms with Crippen LogP contribution in [-0.4, -0.2) is 42.4 Å². The second-order valence-corrected chi connectivity index (χ2v) is 7.74. The highest BCUT2D eigenvalue weighted by atomic mass is 15.3. The van der Waals surface area contributed by atoms with Gasteiger partial charge in [0.2, 0.25) is 5.95 Å². The van der Waals surface area contributed by atoms with E-state index in [1.807, 2.05) is 19.9 Å². The third-order valence-corrected chi connectivity index (χ3v) is 5.19. The third kappa shape index (κ3) is 3.87. The topological polar surface area (TPSA) is 133 Å². The molecule has 3 unspecified atom stereocenters. The van der Waals surface area contributed by atoms with Crippen LogP contribution in [0.1, 0.15) is 44.0 Å². The summed E-state index contributed by atoms with van der Waals surface area (Å²) < 4.78 is 0. The van der Waals surface area contributed by atoms with Crippen molar-refractivity contribution >= 4 is 28.6 Å². The Labute approximate surface area is 157 Å². The van der Waals surface area contributed by atoms with Gasteiger partial charge in [0.25, 0.3) is 0 Å². The van der Waals surface area contributed by atoms with Gasteiger partial charge >= 0.3 is 0 Å². The summed E-state index contributed by atoms with van der Waals surface area (Å²) in [5, 5.41) is 22.1. The van der Waals surface area contributed by atoms with Crippen LogP contribution in [0.5, 0.6) is 0 Å². The molecule has 1 saturated carbocycles. The molecule has 0 saturated heterocycles. The molecule has 0 bridgehead atoms. The highest BCUT2D eigenvalue weighted by molar-refractivity contribution is 5.90. The van der Waals surface area contributed by atoms with Gasteiger partial charge in [-0.1, -0.05) is 6.92 Å². The molecule has 1 aliphatic rings. The van der Waals surface area contributed by atoms with Crippen LogP contribution in [0.4, 0.5) is 17.6 Å². The van der Waals surface area contributed by atoms with Gasteiger partial charge in [-0.2, -0.15) is 20.2 Å². The quantitative estimate of drug-likeness (QED) is 0.446. The molecule has 1 aliphatic carbocycles. The minimum atomic E-state index is 0.222. The average molecular weight is 369 g/mol. The summed E-state index contributed by atoms with van der Waals surface area (Å²) >= 11 is 0. The van der Waals surface area contributed by atoms with Gasteiger partial charge < -0.3 is 16.4 Å². The summed E-state index contributed by atoms with van der Waals surface area (Å²) in [6.07, 6.45) is 4.27. The van der Waals surface area contributed by atoms with Gasteiger partial charge in [-0.3, -0.25) is 10.2 Å². The molecule has 9 heteroatoms. The zero-order valence-corrected chi connectivity index (χ0v) is 16.0. The summed E-state index contributed by atoms with van der Waals surface area (Å²) in [5.41, 5.74) is 8.83. The minimum Gasteiger partial charge on any atom is -0.366 e. The molecule has 4 rings (SSSR count). The summed E-state index contributed by atoms with van der Waals surface area (Å²) in [6, 6.07) is 2.41. The fraction of sp³-hybridized carbons (Fsp3) is 0.556. The molecule has 3 heterocycles. The minimum absolute atomic E-state index is 0.222. The van der Waals surface area contributed by atoms with E-state index in [1.54, 1.807) is 0 Å². The van der Waals surface area contributed by atoms with Crippen LogP contribution < -0.4 is 16.4 Å². The number of hydrogen-bond acceptors (Lipinski definition) is 7. The first-order chi connectivity index (χ1) is 13.0. The number of aryl methyl sites for hydroxylation is 2. The van der Waals surface area contributed by atoms with Crippen LogP contribution in [-0.2, 0) is 0 Å². The molecule has 0 amide bonds. The first-order valence-electron chi connectivity index (χ1n) is 9.52. The molecular weight excluding hydrogens is 342 g/mol. The van der Waals surface area contributed by atoms with Gasteiger partial charge in [-0.15, -0.1) is 0 Å². The first kappa shape index (κ1) is 17.7. The summed E-state index contributed by atoms with van der Waals surface area (Å²) in [4.78, 5) is 9.27. The molecule has 27 heavy (non-hydrogen) atoms. The molecule has 0 aromatic carbocycles. The normalized spacial score (nSPS) is 23.3. The summed E-state index contributed by atoms with van der Waals surface area (Å²) in [6.45, 7) is 6.20. The molecule has 3 atom stereocenters. The van der Waals surface area contributed by atoms with E-state index in [1.165, 1.54) is 6.42 Å². The van der Waals surface area contributed by atoms with Crippen molar-refractivity contribution < 1.29 is 0 Å². The molecule has 0 aliphatic heterocycles. The number of rotatable bonds is 4. The van der Waals surface area contributed by atoms with E-state index in [0.29, 0.717) is 23.3 Å². The molecule has 144 valence electrons. The lowest BCUT2D eigenvalue weighted by Crippen LogP contribution is -2.29. The predicted molar refractivity (Wildman–Crippen MR) is 106 cm³/mol. The van der Waals surface area contributed by atoms with Gasteiger partial charge in [0, 0.05) is 23.8 Å². The number of anilines is 3. The Bertz CT molecular complexity index is 916. The van der Waals surface area contributed by atoms with Crippen molar-refractivity contribution in [2.24, 2.45) is 11.7 Å². The van der Waals surface area contributed by atoms with Gasteiger partial charge in [0.05, 0.1) is 11.1 Å². The van der Waals surface area contributed by atoms with Crippen molar-refractivity contribution in [1.29, 1.82) is 0 Å². The van der Waals surface area contributed by atoms with Crippen molar-refractivity contribution in [3.05, 3.63) is 17.5 Å². The predicted octanol–water partition coefficient (Wildman–Crippen LogP) is 2.75.